The van der Waals surface area contributed by atoms with Gasteiger partial charge in [0.05, 0.1) is 19.1 Å². The number of hydrogen-bond acceptors (Lipinski definition) is 6. The van der Waals surface area contributed by atoms with Gasteiger partial charge in [-0.3, -0.25) is 9.83 Å². The maximum absolute atomic E-state index is 6.08. The minimum Gasteiger partial charge on any atom is -0.479 e. The Bertz CT molecular complexity index is 1090. The molecule has 1 aromatic carbocycles. The molecule has 1 aliphatic heterocycles. The summed E-state index contributed by atoms with van der Waals surface area (Å²) in [7, 11) is 1.60. The van der Waals surface area contributed by atoms with Crippen LogP contribution in [-0.2, 0) is 4.84 Å². The number of aryl methyl sites for hydroxylation is 1. The number of imidazole rings is 1. The highest BCUT2D eigenvalue weighted by Gasteiger charge is 2.41. The average Bonchev–Trinajstić information content (AvgIpc) is 3.53. The van der Waals surface area contributed by atoms with Crippen molar-refractivity contribution in [3.8, 4) is 11.6 Å². The zero-order valence-corrected chi connectivity index (χ0v) is 17.5. The molecule has 7 nitrogen and oxygen atoms in total. The number of rotatable bonds is 5. The van der Waals surface area contributed by atoms with Gasteiger partial charge in [-0.15, -0.1) is 0 Å². The number of nitrogens with one attached hydrogen (secondary N) is 1. The van der Waals surface area contributed by atoms with E-state index in [1.807, 2.05) is 54.1 Å². The molecule has 8 heteroatoms. The number of benzene rings is 1. The fraction of sp³-hybridized carbons (Fsp3) is 0.318. The highest BCUT2D eigenvalue weighted by Crippen LogP contribution is 2.42. The van der Waals surface area contributed by atoms with Crippen molar-refractivity contribution in [3.05, 3.63) is 70.9 Å². The summed E-state index contributed by atoms with van der Waals surface area (Å²) >= 11 is 6.08. The van der Waals surface area contributed by atoms with Crippen molar-refractivity contribution < 1.29 is 9.57 Å². The largest absolute Gasteiger partial charge is 0.479 e. The number of aromatic nitrogens is 3. The third-order valence-electron chi connectivity index (χ3n) is 5.44. The molecular formula is C22H22ClN5O2. The molecular weight excluding hydrogens is 402 g/mol. The summed E-state index contributed by atoms with van der Waals surface area (Å²) in [6, 6.07) is 11.5. The van der Waals surface area contributed by atoms with Gasteiger partial charge in [-0.1, -0.05) is 23.7 Å². The van der Waals surface area contributed by atoms with Crippen LogP contribution in [0.1, 0.15) is 35.8 Å². The van der Waals surface area contributed by atoms with Crippen molar-refractivity contribution >= 4 is 17.4 Å². The van der Waals surface area contributed by atoms with E-state index >= 15 is 0 Å². The minimum absolute atomic E-state index is 0.00924. The first-order chi connectivity index (χ1) is 14.6. The number of hydrogen-bond donors (Lipinski definition) is 1. The van der Waals surface area contributed by atoms with Crippen LogP contribution in [0.3, 0.4) is 0 Å². The summed E-state index contributed by atoms with van der Waals surface area (Å²) in [5.74, 6) is 1.58. The van der Waals surface area contributed by atoms with E-state index in [4.69, 9.17) is 26.2 Å². The minimum atomic E-state index is -0.116. The van der Waals surface area contributed by atoms with Crippen LogP contribution in [0.25, 0.3) is 5.69 Å². The first-order valence-electron chi connectivity index (χ1n) is 9.93. The van der Waals surface area contributed by atoms with E-state index in [0.717, 1.165) is 29.8 Å². The van der Waals surface area contributed by atoms with Gasteiger partial charge in [-0.05, 0) is 55.5 Å². The second-order valence-corrected chi connectivity index (χ2v) is 8.08. The van der Waals surface area contributed by atoms with E-state index in [1.165, 1.54) is 0 Å². The number of amidine groups is 1. The SMILES string of the molecule is COc1nc(C2=N[C@@H](c3ccc(Cl)cc3)C(C3CC3)ON2)ccc1-n1cnc(C)c1. The quantitative estimate of drug-likeness (QED) is 0.670. The van der Waals surface area contributed by atoms with E-state index in [9.17, 15) is 0 Å². The lowest BCUT2D eigenvalue weighted by Gasteiger charge is -2.30. The number of halogens is 1. The van der Waals surface area contributed by atoms with Crippen LogP contribution in [0.5, 0.6) is 5.88 Å². The molecule has 1 saturated carbocycles. The Morgan fingerprint density at radius 2 is 1.97 bits per heavy atom. The van der Waals surface area contributed by atoms with Crippen molar-refractivity contribution in [1.82, 2.24) is 20.0 Å². The zero-order chi connectivity index (χ0) is 20.7. The molecule has 0 spiro atoms. The monoisotopic (exact) mass is 423 g/mol. The highest BCUT2D eigenvalue weighted by molar-refractivity contribution is 6.30. The van der Waals surface area contributed by atoms with Crippen LogP contribution < -0.4 is 10.2 Å². The number of nitrogens with zero attached hydrogens (tertiary/aromatic N) is 4. The molecule has 3 heterocycles. The van der Waals surface area contributed by atoms with Gasteiger partial charge in [-0.2, -0.15) is 0 Å². The van der Waals surface area contributed by atoms with Crippen molar-refractivity contribution in [3.63, 3.8) is 0 Å². The van der Waals surface area contributed by atoms with Crippen LogP contribution in [0.15, 0.2) is 53.9 Å². The van der Waals surface area contributed by atoms with Crippen LogP contribution in [-0.4, -0.2) is 33.6 Å². The number of ether oxygens (including phenoxy) is 1. The summed E-state index contributed by atoms with van der Waals surface area (Å²) in [4.78, 5) is 20.0. The zero-order valence-electron chi connectivity index (χ0n) is 16.7. The summed E-state index contributed by atoms with van der Waals surface area (Å²) < 4.78 is 7.42. The van der Waals surface area contributed by atoms with Gasteiger partial charge in [0, 0.05) is 11.2 Å². The van der Waals surface area contributed by atoms with Crippen molar-refractivity contribution in [1.29, 1.82) is 0 Å². The molecule has 1 unspecified atom stereocenters. The number of pyridine rings is 1. The lowest BCUT2D eigenvalue weighted by Crippen LogP contribution is -2.40. The second-order valence-electron chi connectivity index (χ2n) is 7.64. The maximum Gasteiger partial charge on any atom is 0.238 e. The van der Waals surface area contributed by atoms with Crippen LogP contribution in [0.2, 0.25) is 5.02 Å². The van der Waals surface area contributed by atoms with Gasteiger partial charge in [0.15, 0.2) is 5.84 Å². The van der Waals surface area contributed by atoms with E-state index in [0.29, 0.717) is 28.4 Å². The third-order valence-corrected chi connectivity index (χ3v) is 5.69. The maximum atomic E-state index is 6.08. The Morgan fingerprint density at radius 3 is 2.63 bits per heavy atom. The van der Waals surface area contributed by atoms with E-state index in [1.54, 1.807) is 13.4 Å². The molecule has 3 aromatic rings. The normalized spacial score (nSPS) is 21.1. The summed E-state index contributed by atoms with van der Waals surface area (Å²) in [5.41, 5.74) is 6.48. The summed E-state index contributed by atoms with van der Waals surface area (Å²) in [6.07, 6.45) is 5.98. The van der Waals surface area contributed by atoms with Gasteiger partial charge in [0.2, 0.25) is 5.88 Å². The average molecular weight is 424 g/mol. The van der Waals surface area contributed by atoms with Crippen LogP contribution >= 0.6 is 11.6 Å². The topological polar surface area (TPSA) is 73.6 Å². The Morgan fingerprint density at radius 1 is 1.17 bits per heavy atom. The molecule has 154 valence electrons. The van der Waals surface area contributed by atoms with Crippen LogP contribution in [0, 0.1) is 12.8 Å². The predicted octanol–water partition coefficient (Wildman–Crippen LogP) is 4.04. The number of hydroxylamine groups is 1. The molecule has 2 aromatic heterocycles. The molecule has 0 bridgehead atoms. The Labute approximate surface area is 179 Å². The molecule has 1 N–H and O–H groups in total. The summed E-state index contributed by atoms with van der Waals surface area (Å²) in [6.45, 7) is 1.94. The molecule has 2 aliphatic rings. The summed E-state index contributed by atoms with van der Waals surface area (Å²) in [5, 5.41) is 0.706. The first kappa shape index (κ1) is 19.1. The van der Waals surface area contributed by atoms with Gasteiger partial charge < -0.3 is 9.30 Å². The van der Waals surface area contributed by atoms with Gasteiger partial charge in [0.1, 0.15) is 23.5 Å². The fourth-order valence-electron chi connectivity index (χ4n) is 3.71. The molecule has 5 rings (SSSR count). The predicted molar refractivity (Wildman–Crippen MR) is 114 cm³/mol. The highest BCUT2D eigenvalue weighted by atomic mass is 35.5. The van der Waals surface area contributed by atoms with E-state index < -0.39 is 0 Å². The molecule has 0 radical (unpaired) electrons. The number of aliphatic imine (C=N–C) groups is 1. The molecule has 1 fully saturated rings. The van der Waals surface area contributed by atoms with Gasteiger partial charge >= 0.3 is 0 Å². The van der Waals surface area contributed by atoms with Crippen LogP contribution in [0.4, 0.5) is 0 Å². The third kappa shape index (κ3) is 3.66. The smallest absolute Gasteiger partial charge is 0.238 e. The number of methoxy groups -OCH3 is 1. The lowest BCUT2D eigenvalue weighted by atomic mass is 9.98. The lowest BCUT2D eigenvalue weighted by molar-refractivity contribution is -0.0292. The van der Waals surface area contributed by atoms with E-state index in [2.05, 4.69) is 15.4 Å². The Kier molecular flexibility index (Phi) is 4.92. The molecule has 30 heavy (non-hydrogen) atoms. The van der Waals surface area contributed by atoms with Crippen molar-refractivity contribution in [2.24, 2.45) is 10.9 Å². The fourth-order valence-corrected chi connectivity index (χ4v) is 3.84. The van der Waals surface area contributed by atoms with Crippen molar-refractivity contribution in [2.75, 3.05) is 7.11 Å². The van der Waals surface area contributed by atoms with Gasteiger partial charge in [-0.25, -0.2) is 15.4 Å². The van der Waals surface area contributed by atoms with E-state index in [-0.39, 0.29) is 12.1 Å². The Balaban J connectivity index is 1.51. The molecule has 2 atom stereocenters. The Hall–Kier alpha value is -2.90. The standard InChI is InChI=1S/C22H22ClN5O2/c1-13-11-28(12-24-13)18-10-9-17(25-22(18)29-2)21-26-19(14-5-7-16(23)8-6-14)20(30-27-21)15-3-4-15/h5-12,15,19-20H,3-4H2,1-2H3,(H,26,27)/t19-,20?/m0/s1. The molecule has 0 amide bonds. The second kappa shape index (κ2) is 7.74. The molecule has 0 saturated heterocycles. The first-order valence-corrected chi connectivity index (χ1v) is 10.3. The molecule has 1 aliphatic carbocycles. The van der Waals surface area contributed by atoms with Gasteiger partial charge in [0.25, 0.3) is 0 Å². The van der Waals surface area contributed by atoms with Crippen molar-refractivity contribution in [2.45, 2.75) is 31.9 Å².